The number of esters is 1. The molecule has 0 bridgehead atoms. The maximum absolute atomic E-state index is 11.5. The van der Waals surface area contributed by atoms with Gasteiger partial charge in [-0.3, -0.25) is 0 Å². The second kappa shape index (κ2) is 4.65. The number of nitrogens with zero attached hydrogens (tertiary/aromatic N) is 3. The van der Waals surface area contributed by atoms with Crippen molar-refractivity contribution in [1.82, 2.24) is 15.0 Å². The monoisotopic (exact) mass is 269 g/mol. The molecule has 0 fully saturated rings. The van der Waals surface area contributed by atoms with Crippen molar-refractivity contribution in [2.75, 3.05) is 7.11 Å². The lowest BCUT2D eigenvalue weighted by Gasteiger charge is -2.05. The van der Waals surface area contributed by atoms with Gasteiger partial charge in [-0.05, 0) is 30.3 Å². The standard InChI is InChI=1S/C14H11N3O3/c1-20-14(19)9-6-7-13(18)12(8-9)17-15-10-4-2-3-5-11(10)16-17/h2-8,18H,1H3. The number of ether oxygens (including phenoxy) is 1. The van der Waals surface area contributed by atoms with Crippen molar-refractivity contribution in [3.8, 4) is 11.4 Å². The zero-order chi connectivity index (χ0) is 14.1. The van der Waals surface area contributed by atoms with Crippen LogP contribution in [0.1, 0.15) is 10.4 Å². The highest BCUT2D eigenvalue weighted by atomic mass is 16.5. The third-order valence-electron chi connectivity index (χ3n) is 2.90. The van der Waals surface area contributed by atoms with Gasteiger partial charge in [0.1, 0.15) is 22.5 Å². The summed E-state index contributed by atoms with van der Waals surface area (Å²) >= 11 is 0. The predicted octanol–water partition coefficient (Wildman–Crippen LogP) is 1.91. The Kier molecular flexibility index (Phi) is 2.83. The van der Waals surface area contributed by atoms with Gasteiger partial charge in [-0.1, -0.05) is 12.1 Å². The Labute approximate surface area is 114 Å². The van der Waals surface area contributed by atoms with Crippen LogP contribution in [0.5, 0.6) is 5.75 Å². The lowest BCUT2D eigenvalue weighted by atomic mass is 10.2. The largest absolute Gasteiger partial charge is 0.506 e. The molecule has 0 aliphatic carbocycles. The molecule has 0 spiro atoms. The third kappa shape index (κ3) is 1.97. The fraction of sp³-hybridized carbons (Fsp3) is 0.0714. The fourth-order valence-corrected chi connectivity index (χ4v) is 1.90. The topological polar surface area (TPSA) is 77.2 Å². The quantitative estimate of drug-likeness (QED) is 0.719. The van der Waals surface area contributed by atoms with Crippen LogP contribution in [0.2, 0.25) is 0 Å². The zero-order valence-corrected chi connectivity index (χ0v) is 10.6. The van der Waals surface area contributed by atoms with E-state index in [2.05, 4.69) is 14.9 Å². The Balaban J connectivity index is 2.15. The van der Waals surface area contributed by atoms with Crippen LogP contribution < -0.4 is 0 Å². The molecule has 0 radical (unpaired) electrons. The molecule has 100 valence electrons. The summed E-state index contributed by atoms with van der Waals surface area (Å²) in [5.74, 6) is -0.499. The van der Waals surface area contributed by atoms with Gasteiger partial charge in [0.25, 0.3) is 0 Å². The van der Waals surface area contributed by atoms with Crippen LogP contribution in [-0.4, -0.2) is 33.2 Å². The number of carbonyl (C=O) groups excluding carboxylic acids is 1. The SMILES string of the molecule is COC(=O)c1ccc(O)c(-n2nc3ccccc3n2)c1. The minimum atomic E-state index is -0.483. The number of hydrogen-bond donors (Lipinski definition) is 1. The Morgan fingerprint density at radius 3 is 2.40 bits per heavy atom. The first-order valence-electron chi connectivity index (χ1n) is 5.93. The Hall–Kier alpha value is -2.89. The molecule has 6 nitrogen and oxygen atoms in total. The smallest absolute Gasteiger partial charge is 0.337 e. The van der Waals surface area contributed by atoms with Gasteiger partial charge in [0, 0.05) is 0 Å². The van der Waals surface area contributed by atoms with Crippen LogP contribution in [0.15, 0.2) is 42.5 Å². The van der Waals surface area contributed by atoms with Crippen molar-refractivity contribution in [1.29, 1.82) is 0 Å². The van der Waals surface area contributed by atoms with Gasteiger partial charge in [-0.2, -0.15) is 0 Å². The van der Waals surface area contributed by atoms with Gasteiger partial charge in [0.05, 0.1) is 12.7 Å². The van der Waals surface area contributed by atoms with E-state index in [-0.39, 0.29) is 5.75 Å². The van der Waals surface area contributed by atoms with Gasteiger partial charge in [0.2, 0.25) is 0 Å². The molecule has 0 aliphatic heterocycles. The third-order valence-corrected chi connectivity index (χ3v) is 2.90. The highest BCUT2D eigenvalue weighted by molar-refractivity contribution is 5.90. The van der Waals surface area contributed by atoms with E-state index < -0.39 is 5.97 Å². The summed E-state index contributed by atoms with van der Waals surface area (Å²) < 4.78 is 4.66. The van der Waals surface area contributed by atoms with E-state index in [1.54, 1.807) is 0 Å². The average Bonchev–Trinajstić information content (AvgIpc) is 2.90. The molecule has 0 saturated carbocycles. The first-order valence-corrected chi connectivity index (χ1v) is 5.93. The van der Waals surface area contributed by atoms with Crippen molar-refractivity contribution in [3.05, 3.63) is 48.0 Å². The molecular formula is C14H11N3O3. The van der Waals surface area contributed by atoms with Gasteiger partial charge in [-0.15, -0.1) is 15.0 Å². The maximum atomic E-state index is 11.5. The summed E-state index contributed by atoms with van der Waals surface area (Å²) in [5, 5.41) is 18.4. The summed E-state index contributed by atoms with van der Waals surface area (Å²) in [7, 11) is 1.30. The predicted molar refractivity (Wildman–Crippen MR) is 71.9 cm³/mol. The van der Waals surface area contributed by atoms with E-state index in [1.165, 1.54) is 30.1 Å². The summed E-state index contributed by atoms with van der Waals surface area (Å²) in [6.45, 7) is 0. The van der Waals surface area contributed by atoms with Crippen LogP contribution in [0.3, 0.4) is 0 Å². The van der Waals surface area contributed by atoms with E-state index in [9.17, 15) is 9.90 Å². The van der Waals surface area contributed by atoms with Gasteiger partial charge >= 0.3 is 5.97 Å². The molecule has 20 heavy (non-hydrogen) atoms. The molecule has 1 N–H and O–H groups in total. The Bertz CT molecular complexity index is 762. The van der Waals surface area contributed by atoms with Crippen LogP contribution >= 0.6 is 0 Å². The minimum Gasteiger partial charge on any atom is -0.506 e. The van der Waals surface area contributed by atoms with Gasteiger partial charge in [0.15, 0.2) is 0 Å². The summed E-state index contributed by atoms with van der Waals surface area (Å²) in [6, 6.07) is 11.7. The molecule has 2 aromatic carbocycles. The lowest BCUT2D eigenvalue weighted by Crippen LogP contribution is -2.05. The highest BCUT2D eigenvalue weighted by Gasteiger charge is 2.13. The number of carbonyl (C=O) groups is 1. The molecule has 3 rings (SSSR count). The molecule has 1 aromatic heterocycles. The lowest BCUT2D eigenvalue weighted by molar-refractivity contribution is 0.0600. The number of rotatable bonds is 2. The van der Waals surface area contributed by atoms with Crippen LogP contribution in [0.25, 0.3) is 16.7 Å². The molecular weight excluding hydrogens is 258 g/mol. The van der Waals surface area contributed by atoms with Crippen LogP contribution in [0, 0.1) is 0 Å². The summed E-state index contributed by atoms with van der Waals surface area (Å²) in [5.41, 5.74) is 2.05. The van der Waals surface area contributed by atoms with Crippen molar-refractivity contribution >= 4 is 17.0 Å². The number of aromatic hydroxyl groups is 1. The molecule has 0 unspecified atom stereocenters. The van der Waals surface area contributed by atoms with Gasteiger partial charge < -0.3 is 9.84 Å². The van der Waals surface area contributed by atoms with Gasteiger partial charge in [-0.25, -0.2) is 4.79 Å². The molecule has 3 aromatic rings. The van der Waals surface area contributed by atoms with E-state index in [0.29, 0.717) is 22.3 Å². The highest BCUT2D eigenvalue weighted by Crippen LogP contribution is 2.23. The van der Waals surface area contributed by atoms with E-state index in [0.717, 1.165) is 0 Å². The number of phenolic OH excluding ortho intramolecular Hbond substituents is 1. The normalized spacial score (nSPS) is 10.7. The second-order valence-electron chi connectivity index (χ2n) is 4.17. The van der Waals surface area contributed by atoms with Crippen LogP contribution in [-0.2, 0) is 4.74 Å². The van der Waals surface area contributed by atoms with Crippen molar-refractivity contribution in [2.24, 2.45) is 0 Å². The number of fused-ring (bicyclic) bond motifs is 1. The zero-order valence-electron chi connectivity index (χ0n) is 10.6. The first-order chi connectivity index (χ1) is 9.69. The molecule has 0 aliphatic rings. The average molecular weight is 269 g/mol. The fourth-order valence-electron chi connectivity index (χ4n) is 1.90. The second-order valence-corrected chi connectivity index (χ2v) is 4.17. The number of benzene rings is 2. The summed E-state index contributed by atoms with van der Waals surface area (Å²) in [4.78, 5) is 12.8. The number of phenols is 1. The van der Waals surface area contributed by atoms with E-state index in [1.807, 2.05) is 24.3 Å². The Morgan fingerprint density at radius 1 is 1.15 bits per heavy atom. The van der Waals surface area contributed by atoms with Crippen molar-refractivity contribution < 1.29 is 14.6 Å². The molecule has 0 amide bonds. The van der Waals surface area contributed by atoms with E-state index in [4.69, 9.17) is 0 Å². The number of methoxy groups -OCH3 is 1. The molecule has 6 heteroatoms. The Morgan fingerprint density at radius 2 is 1.80 bits per heavy atom. The molecule has 0 atom stereocenters. The van der Waals surface area contributed by atoms with E-state index >= 15 is 0 Å². The summed E-state index contributed by atoms with van der Waals surface area (Å²) in [6.07, 6.45) is 0. The number of hydrogen-bond acceptors (Lipinski definition) is 5. The molecule has 0 saturated heterocycles. The first kappa shape index (κ1) is 12.2. The van der Waals surface area contributed by atoms with Crippen molar-refractivity contribution in [2.45, 2.75) is 0 Å². The minimum absolute atomic E-state index is 0.0158. The maximum Gasteiger partial charge on any atom is 0.337 e. The van der Waals surface area contributed by atoms with Crippen LogP contribution in [0.4, 0.5) is 0 Å². The van der Waals surface area contributed by atoms with Crippen molar-refractivity contribution in [3.63, 3.8) is 0 Å². The number of aromatic nitrogens is 3. The molecule has 1 heterocycles.